The van der Waals surface area contributed by atoms with Crippen molar-refractivity contribution in [1.82, 2.24) is 9.97 Å². The molecule has 1 heterocycles. The molecule has 13 heavy (non-hydrogen) atoms. The van der Waals surface area contributed by atoms with Crippen molar-refractivity contribution >= 4 is 54.4 Å². The minimum atomic E-state index is 0.256. The molecule has 5 heteroatoms. The zero-order valence-electron chi connectivity index (χ0n) is 6.40. The Kier molecular flexibility index (Phi) is 2.87. The van der Waals surface area contributed by atoms with Gasteiger partial charge in [0.25, 0.3) is 0 Å². The van der Waals surface area contributed by atoms with Gasteiger partial charge in [-0.15, -0.1) is 0 Å². The molecule has 0 spiro atoms. The Balaban J connectivity index is 2.79. The molecule has 0 amide bonds. The molecule has 1 aromatic carbocycles. The van der Waals surface area contributed by atoms with Crippen LogP contribution in [0.2, 0.25) is 5.02 Å². The van der Waals surface area contributed by atoms with Crippen molar-refractivity contribution in [3.05, 3.63) is 29.5 Å². The second-order valence-corrected chi connectivity index (χ2v) is 5.84. The van der Waals surface area contributed by atoms with Crippen LogP contribution < -0.4 is 4.59 Å². The molecule has 0 aliphatic rings. The molecule has 0 atom stereocenters. The molecular formula is C8H4ClN2Se2. The molecule has 1 radical (unpaired) electrons. The maximum absolute atomic E-state index is 5.89. The van der Waals surface area contributed by atoms with Crippen LogP contribution in [-0.2, 0) is 0 Å². The Morgan fingerprint density at radius 2 is 2.15 bits per heavy atom. The summed E-state index contributed by atoms with van der Waals surface area (Å²) in [6, 6.07) is 5.66. The van der Waals surface area contributed by atoms with Gasteiger partial charge in [0.15, 0.2) is 0 Å². The van der Waals surface area contributed by atoms with Gasteiger partial charge >= 0.3 is 93.9 Å². The van der Waals surface area contributed by atoms with Gasteiger partial charge in [-0.1, -0.05) is 0 Å². The van der Waals surface area contributed by atoms with Crippen molar-refractivity contribution in [1.29, 1.82) is 0 Å². The van der Waals surface area contributed by atoms with Crippen molar-refractivity contribution in [2.45, 2.75) is 0 Å². The standard InChI is InChI=1S/C8H4ClN2Se2/c9-5-1-2-7-6(3-5)8(13-12)11-4-10-7/h1-4H. The number of nitrogens with zero attached hydrogens (tertiary/aromatic N) is 2. The Bertz CT molecular complexity index is 447. The van der Waals surface area contributed by atoms with E-state index in [1.807, 2.05) is 18.2 Å². The molecular weight excluding hydrogens is 317 g/mol. The zero-order valence-corrected chi connectivity index (χ0v) is 10.6. The summed E-state index contributed by atoms with van der Waals surface area (Å²) in [4.78, 5) is 8.35. The number of halogens is 1. The predicted octanol–water partition coefficient (Wildman–Crippen LogP) is 0.696. The van der Waals surface area contributed by atoms with E-state index in [0.29, 0.717) is 0 Å². The van der Waals surface area contributed by atoms with Crippen LogP contribution in [-0.4, -0.2) is 37.3 Å². The van der Waals surface area contributed by atoms with Crippen molar-refractivity contribution in [2.75, 3.05) is 0 Å². The second-order valence-electron chi connectivity index (χ2n) is 2.42. The van der Waals surface area contributed by atoms with E-state index in [1.165, 1.54) is 0 Å². The Morgan fingerprint density at radius 1 is 1.31 bits per heavy atom. The Morgan fingerprint density at radius 3 is 2.92 bits per heavy atom. The molecule has 0 fully saturated rings. The fraction of sp³-hybridized carbons (Fsp3) is 0. The third-order valence-electron chi connectivity index (χ3n) is 1.64. The van der Waals surface area contributed by atoms with Crippen LogP contribution in [0.5, 0.6) is 0 Å². The van der Waals surface area contributed by atoms with Gasteiger partial charge in [0, 0.05) is 0 Å². The summed E-state index contributed by atoms with van der Waals surface area (Å²) >= 11 is 9.14. The zero-order chi connectivity index (χ0) is 9.26. The third kappa shape index (κ3) is 1.88. The van der Waals surface area contributed by atoms with E-state index in [0.717, 1.165) is 20.5 Å². The number of hydrogen-bond acceptors (Lipinski definition) is 2. The summed E-state index contributed by atoms with van der Waals surface area (Å²) in [5.41, 5.74) is 0.950. The van der Waals surface area contributed by atoms with Crippen LogP contribution >= 0.6 is 11.6 Å². The van der Waals surface area contributed by atoms with Crippen LogP contribution in [0.3, 0.4) is 0 Å². The van der Waals surface area contributed by atoms with Gasteiger partial charge in [-0.3, -0.25) is 0 Å². The van der Waals surface area contributed by atoms with Crippen LogP contribution in [0.1, 0.15) is 0 Å². The molecule has 0 saturated carbocycles. The summed E-state index contributed by atoms with van der Waals surface area (Å²) in [7, 11) is 0. The monoisotopic (exact) mass is 323 g/mol. The fourth-order valence-corrected chi connectivity index (χ4v) is 3.41. The van der Waals surface area contributed by atoms with Crippen molar-refractivity contribution in [3.8, 4) is 0 Å². The fourth-order valence-electron chi connectivity index (χ4n) is 1.07. The minimum absolute atomic E-state index is 0.256. The van der Waals surface area contributed by atoms with Crippen molar-refractivity contribution in [2.24, 2.45) is 0 Å². The van der Waals surface area contributed by atoms with E-state index < -0.39 is 0 Å². The van der Waals surface area contributed by atoms with Gasteiger partial charge in [-0.05, 0) is 0 Å². The molecule has 0 aliphatic carbocycles. The molecule has 0 unspecified atom stereocenters. The first-order valence-corrected chi connectivity index (χ1v) is 9.08. The maximum atomic E-state index is 5.89. The van der Waals surface area contributed by atoms with Crippen LogP contribution in [0.15, 0.2) is 24.5 Å². The average Bonchev–Trinajstić information content (AvgIpc) is 2.17. The van der Waals surface area contributed by atoms with Crippen molar-refractivity contribution < 1.29 is 0 Å². The molecule has 2 aromatic rings. The van der Waals surface area contributed by atoms with E-state index in [2.05, 4.69) is 24.2 Å². The summed E-state index contributed by atoms with van der Waals surface area (Å²) in [5.74, 6) is 0. The Hall–Kier alpha value is -0.111. The van der Waals surface area contributed by atoms with Crippen LogP contribution in [0, 0.1) is 0 Å². The topological polar surface area (TPSA) is 25.8 Å². The molecule has 1 aromatic heterocycles. The van der Waals surface area contributed by atoms with E-state index in [-0.39, 0.29) is 13.1 Å². The quantitative estimate of drug-likeness (QED) is 0.723. The first-order chi connectivity index (χ1) is 6.31. The number of fused-ring (bicyclic) bond motifs is 1. The van der Waals surface area contributed by atoms with Gasteiger partial charge in [-0.25, -0.2) is 0 Å². The van der Waals surface area contributed by atoms with Gasteiger partial charge < -0.3 is 0 Å². The van der Waals surface area contributed by atoms with Crippen LogP contribution in [0.4, 0.5) is 0 Å². The van der Waals surface area contributed by atoms with E-state index in [9.17, 15) is 0 Å². The molecule has 0 aliphatic heterocycles. The van der Waals surface area contributed by atoms with E-state index in [1.54, 1.807) is 6.33 Å². The predicted molar refractivity (Wildman–Crippen MR) is 55.7 cm³/mol. The number of rotatable bonds is 1. The molecule has 0 saturated heterocycles. The number of aromatic nitrogens is 2. The van der Waals surface area contributed by atoms with E-state index in [4.69, 9.17) is 11.6 Å². The SMILES string of the molecule is Clc1ccc2ncnc([Se][Se])c2c1. The third-order valence-corrected chi connectivity index (χ3v) is 4.61. The van der Waals surface area contributed by atoms with Gasteiger partial charge in [0.2, 0.25) is 0 Å². The van der Waals surface area contributed by atoms with Crippen LogP contribution in [0.25, 0.3) is 10.9 Å². The average molecular weight is 322 g/mol. The van der Waals surface area contributed by atoms with E-state index >= 15 is 0 Å². The first-order valence-electron chi connectivity index (χ1n) is 3.51. The first kappa shape index (κ1) is 9.44. The molecule has 2 rings (SSSR count). The summed E-state index contributed by atoms with van der Waals surface area (Å²) in [6.07, 6.45) is 1.59. The summed E-state index contributed by atoms with van der Waals surface area (Å²) in [6.45, 7) is 0. The number of benzene rings is 1. The molecule has 65 valence electrons. The van der Waals surface area contributed by atoms with Gasteiger partial charge in [-0.2, -0.15) is 0 Å². The molecule has 0 bridgehead atoms. The normalized spacial score (nSPS) is 10.6. The second kappa shape index (κ2) is 3.95. The summed E-state index contributed by atoms with van der Waals surface area (Å²) in [5, 5.41) is 1.78. The van der Waals surface area contributed by atoms with Gasteiger partial charge in [0.1, 0.15) is 0 Å². The molecule has 2 nitrogen and oxygen atoms in total. The molecule has 0 N–H and O–H groups in total. The van der Waals surface area contributed by atoms with Crippen molar-refractivity contribution in [3.63, 3.8) is 0 Å². The van der Waals surface area contributed by atoms with Gasteiger partial charge in [0.05, 0.1) is 0 Å². The Labute approximate surface area is 93.6 Å². The summed E-state index contributed by atoms with van der Waals surface area (Å²) < 4.78 is 1.06. The number of hydrogen-bond donors (Lipinski definition) is 0.